The summed E-state index contributed by atoms with van der Waals surface area (Å²) in [5, 5.41) is 11.4. The molecule has 136 valence electrons. The van der Waals surface area contributed by atoms with E-state index in [0.717, 1.165) is 24.3 Å². The lowest BCUT2D eigenvalue weighted by Gasteiger charge is -2.12. The van der Waals surface area contributed by atoms with Crippen LogP contribution in [0.3, 0.4) is 0 Å². The van der Waals surface area contributed by atoms with Crippen LogP contribution in [0.15, 0.2) is 47.6 Å². The number of anilines is 1. The molecule has 0 unspecified atom stereocenters. The SMILES string of the molecule is COc1ccc(OC)c(NC(N)=NCCCc2nnc3ccccn23)c1. The zero-order chi connectivity index (χ0) is 18.4. The van der Waals surface area contributed by atoms with Crippen LogP contribution in [0.1, 0.15) is 12.2 Å². The number of rotatable bonds is 7. The predicted molar refractivity (Wildman–Crippen MR) is 101 cm³/mol. The average Bonchev–Trinajstić information content (AvgIpc) is 3.08. The summed E-state index contributed by atoms with van der Waals surface area (Å²) in [6, 6.07) is 11.3. The molecule has 3 aromatic rings. The second kappa shape index (κ2) is 8.19. The van der Waals surface area contributed by atoms with Gasteiger partial charge >= 0.3 is 0 Å². The number of aromatic nitrogens is 3. The highest BCUT2D eigenvalue weighted by Crippen LogP contribution is 2.28. The molecule has 2 aromatic heterocycles. The summed E-state index contributed by atoms with van der Waals surface area (Å²) in [4.78, 5) is 4.36. The number of hydrogen-bond donors (Lipinski definition) is 2. The number of benzene rings is 1. The molecule has 3 N–H and O–H groups in total. The van der Waals surface area contributed by atoms with E-state index < -0.39 is 0 Å². The summed E-state index contributed by atoms with van der Waals surface area (Å²) >= 11 is 0. The predicted octanol–water partition coefficient (Wildman–Crippen LogP) is 2.11. The van der Waals surface area contributed by atoms with Gasteiger partial charge in [-0.2, -0.15) is 0 Å². The second-order valence-electron chi connectivity index (χ2n) is 5.61. The maximum atomic E-state index is 5.98. The van der Waals surface area contributed by atoms with E-state index >= 15 is 0 Å². The van der Waals surface area contributed by atoms with Crippen LogP contribution in [0, 0.1) is 0 Å². The summed E-state index contributed by atoms with van der Waals surface area (Å²) in [5.41, 5.74) is 7.53. The summed E-state index contributed by atoms with van der Waals surface area (Å²) in [6.07, 6.45) is 3.54. The van der Waals surface area contributed by atoms with Gasteiger partial charge in [-0.25, -0.2) is 0 Å². The minimum atomic E-state index is 0.322. The number of aliphatic imine (C=N–C) groups is 1. The van der Waals surface area contributed by atoms with Crippen molar-refractivity contribution in [2.45, 2.75) is 12.8 Å². The number of nitrogens with two attached hydrogens (primary N) is 1. The Morgan fingerprint density at radius 2 is 2.08 bits per heavy atom. The highest BCUT2D eigenvalue weighted by molar-refractivity contribution is 5.94. The Bertz CT molecular complexity index is 906. The van der Waals surface area contributed by atoms with Crippen molar-refractivity contribution in [2.24, 2.45) is 10.7 Å². The molecule has 0 aliphatic rings. The number of pyridine rings is 1. The highest BCUT2D eigenvalue weighted by atomic mass is 16.5. The zero-order valence-corrected chi connectivity index (χ0v) is 14.8. The molecule has 0 aliphatic carbocycles. The third kappa shape index (κ3) is 4.02. The fraction of sp³-hybridized carbons (Fsp3) is 0.278. The van der Waals surface area contributed by atoms with Crippen LogP contribution in [-0.2, 0) is 6.42 Å². The molecule has 1 aromatic carbocycles. The first-order valence-corrected chi connectivity index (χ1v) is 8.29. The molecule has 0 amide bonds. The highest BCUT2D eigenvalue weighted by Gasteiger charge is 2.07. The summed E-state index contributed by atoms with van der Waals surface area (Å²) in [5.74, 6) is 2.61. The summed E-state index contributed by atoms with van der Waals surface area (Å²) in [7, 11) is 3.21. The summed E-state index contributed by atoms with van der Waals surface area (Å²) in [6.45, 7) is 0.576. The maximum absolute atomic E-state index is 5.98. The van der Waals surface area contributed by atoms with Gasteiger partial charge in [0.05, 0.1) is 19.9 Å². The van der Waals surface area contributed by atoms with Crippen LogP contribution >= 0.6 is 0 Å². The molecule has 0 saturated heterocycles. The van der Waals surface area contributed by atoms with Gasteiger partial charge in [-0.15, -0.1) is 10.2 Å². The van der Waals surface area contributed by atoms with Gasteiger partial charge < -0.3 is 20.5 Å². The molecule has 8 nitrogen and oxygen atoms in total. The first-order chi connectivity index (χ1) is 12.7. The Morgan fingerprint density at radius 1 is 1.19 bits per heavy atom. The second-order valence-corrected chi connectivity index (χ2v) is 5.61. The number of ether oxygens (including phenoxy) is 2. The lowest BCUT2D eigenvalue weighted by Crippen LogP contribution is -2.23. The monoisotopic (exact) mass is 354 g/mol. The van der Waals surface area contributed by atoms with Crippen LogP contribution in [0.5, 0.6) is 11.5 Å². The van der Waals surface area contributed by atoms with Crippen molar-refractivity contribution in [3.63, 3.8) is 0 Å². The molecule has 8 heteroatoms. The van der Waals surface area contributed by atoms with Crippen molar-refractivity contribution < 1.29 is 9.47 Å². The standard InChI is InChI=1S/C18H22N6O2/c1-25-13-8-9-15(26-2)14(12-13)21-18(19)20-10-5-7-17-23-22-16-6-3-4-11-24(16)17/h3-4,6,8-9,11-12H,5,7,10H2,1-2H3,(H3,19,20,21). The van der Waals surface area contributed by atoms with Gasteiger partial charge in [0.25, 0.3) is 0 Å². The molecule has 0 spiro atoms. The quantitative estimate of drug-likeness (QED) is 0.383. The zero-order valence-electron chi connectivity index (χ0n) is 14.8. The molecule has 0 radical (unpaired) electrons. The normalized spacial score (nSPS) is 11.5. The first kappa shape index (κ1) is 17.5. The van der Waals surface area contributed by atoms with Crippen LogP contribution in [0.4, 0.5) is 5.69 Å². The van der Waals surface area contributed by atoms with Crippen molar-refractivity contribution >= 4 is 17.3 Å². The van der Waals surface area contributed by atoms with E-state index in [2.05, 4.69) is 20.5 Å². The van der Waals surface area contributed by atoms with Crippen molar-refractivity contribution in [1.82, 2.24) is 14.6 Å². The largest absolute Gasteiger partial charge is 0.497 e. The van der Waals surface area contributed by atoms with E-state index in [4.69, 9.17) is 15.2 Å². The van der Waals surface area contributed by atoms with Crippen LogP contribution in [0.25, 0.3) is 5.65 Å². The van der Waals surface area contributed by atoms with Gasteiger partial charge in [-0.3, -0.25) is 9.39 Å². The number of nitrogens with one attached hydrogen (secondary N) is 1. The van der Waals surface area contributed by atoms with E-state index in [1.54, 1.807) is 14.2 Å². The van der Waals surface area contributed by atoms with Crippen LogP contribution < -0.4 is 20.5 Å². The molecular formula is C18H22N6O2. The Morgan fingerprint density at radius 3 is 2.88 bits per heavy atom. The lowest BCUT2D eigenvalue weighted by atomic mass is 10.2. The van der Waals surface area contributed by atoms with E-state index in [0.29, 0.717) is 29.7 Å². The molecule has 2 heterocycles. The van der Waals surface area contributed by atoms with Gasteiger partial charge in [0.2, 0.25) is 0 Å². The third-order valence-corrected chi connectivity index (χ3v) is 3.89. The number of hydrogen-bond acceptors (Lipinski definition) is 5. The van der Waals surface area contributed by atoms with Gasteiger partial charge in [-0.05, 0) is 30.7 Å². The number of aryl methyl sites for hydroxylation is 1. The fourth-order valence-corrected chi connectivity index (χ4v) is 2.59. The maximum Gasteiger partial charge on any atom is 0.193 e. The molecule has 0 bridgehead atoms. The molecule has 0 aliphatic heterocycles. The van der Waals surface area contributed by atoms with Crippen LogP contribution in [0.2, 0.25) is 0 Å². The number of guanidine groups is 1. The third-order valence-electron chi connectivity index (χ3n) is 3.89. The van der Waals surface area contributed by atoms with Crippen molar-refractivity contribution in [3.8, 4) is 11.5 Å². The molecule has 0 saturated carbocycles. The van der Waals surface area contributed by atoms with E-state index in [1.807, 2.05) is 47.0 Å². The first-order valence-electron chi connectivity index (χ1n) is 8.29. The van der Waals surface area contributed by atoms with Gasteiger partial charge in [-0.1, -0.05) is 6.07 Å². The summed E-state index contributed by atoms with van der Waals surface area (Å²) < 4.78 is 12.5. The minimum Gasteiger partial charge on any atom is -0.497 e. The Kier molecular flexibility index (Phi) is 5.52. The Balaban J connectivity index is 1.57. The van der Waals surface area contributed by atoms with Crippen molar-refractivity contribution in [3.05, 3.63) is 48.4 Å². The van der Waals surface area contributed by atoms with Crippen LogP contribution in [-0.4, -0.2) is 41.3 Å². The number of nitrogens with zero attached hydrogens (tertiary/aromatic N) is 4. The molecule has 0 atom stereocenters. The molecule has 3 rings (SSSR count). The van der Waals surface area contributed by atoms with Crippen molar-refractivity contribution in [2.75, 3.05) is 26.1 Å². The molecule has 0 fully saturated rings. The van der Waals surface area contributed by atoms with E-state index in [1.165, 1.54) is 0 Å². The smallest absolute Gasteiger partial charge is 0.193 e. The minimum absolute atomic E-state index is 0.322. The number of methoxy groups -OCH3 is 2. The van der Waals surface area contributed by atoms with Gasteiger partial charge in [0, 0.05) is 25.2 Å². The van der Waals surface area contributed by atoms with E-state index in [9.17, 15) is 0 Å². The molecular weight excluding hydrogens is 332 g/mol. The average molecular weight is 354 g/mol. The Hall–Kier alpha value is -3.29. The fourth-order valence-electron chi connectivity index (χ4n) is 2.59. The van der Waals surface area contributed by atoms with Crippen molar-refractivity contribution in [1.29, 1.82) is 0 Å². The van der Waals surface area contributed by atoms with Gasteiger partial charge in [0.1, 0.15) is 17.3 Å². The van der Waals surface area contributed by atoms with E-state index in [-0.39, 0.29) is 0 Å². The topological polar surface area (TPSA) is 99.1 Å². The Labute approximate surface area is 151 Å². The number of fused-ring (bicyclic) bond motifs is 1. The lowest BCUT2D eigenvalue weighted by molar-refractivity contribution is 0.405. The molecule has 26 heavy (non-hydrogen) atoms. The van der Waals surface area contributed by atoms with Gasteiger partial charge in [0.15, 0.2) is 11.6 Å².